The fourth-order valence-electron chi connectivity index (χ4n) is 7.44. The molecule has 5 N–H and O–H groups in total. The number of amides is 5. The molecule has 1 aromatic carbocycles. The zero-order valence-electron chi connectivity index (χ0n) is 32.2. The van der Waals surface area contributed by atoms with E-state index in [2.05, 4.69) is 26.3 Å². The van der Waals surface area contributed by atoms with Crippen LogP contribution in [0.25, 0.3) is 0 Å². The maximum Gasteiger partial charge on any atom is 0.290 e. The van der Waals surface area contributed by atoms with Gasteiger partial charge in [0.1, 0.15) is 23.8 Å². The minimum atomic E-state index is -1.09. The van der Waals surface area contributed by atoms with Gasteiger partial charge >= 0.3 is 0 Å². The number of aromatic nitrogens is 1. The van der Waals surface area contributed by atoms with E-state index in [1.807, 2.05) is 58.0 Å². The molecular weight excluding hydrogens is 676 g/mol. The van der Waals surface area contributed by atoms with Crippen LogP contribution < -0.4 is 26.8 Å². The molecule has 7 atom stereocenters. The molecule has 288 valence electrons. The average Bonchev–Trinajstić information content (AvgIpc) is 3.70. The zero-order valence-corrected chi connectivity index (χ0v) is 32.2. The van der Waals surface area contributed by atoms with E-state index in [0.717, 1.165) is 24.8 Å². The van der Waals surface area contributed by atoms with Crippen molar-refractivity contribution in [3.8, 4) is 0 Å². The number of pyridine rings is 1. The highest BCUT2D eigenvalue weighted by molar-refractivity contribution is 6.38. The third-order valence-electron chi connectivity index (χ3n) is 10.3. The van der Waals surface area contributed by atoms with Crippen molar-refractivity contribution >= 4 is 35.3 Å². The van der Waals surface area contributed by atoms with E-state index in [0.29, 0.717) is 13.0 Å². The van der Waals surface area contributed by atoms with E-state index in [1.165, 1.54) is 23.1 Å². The van der Waals surface area contributed by atoms with Gasteiger partial charge < -0.3 is 31.2 Å². The van der Waals surface area contributed by atoms with Crippen LogP contribution in [0.1, 0.15) is 110 Å². The molecule has 13 nitrogen and oxygen atoms in total. The van der Waals surface area contributed by atoms with Crippen molar-refractivity contribution in [1.82, 2.24) is 31.2 Å². The van der Waals surface area contributed by atoms with Crippen LogP contribution in [-0.4, -0.2) is 75.9 Å². The van der Waals surface area contributed by atoms with E-state index >= 15 is 0 Å². The summed E-state index contributed by atoms with van der Waals surface area (Å²) in [6, 6.07) is 8.82. The Bertz CT molecular complexity index is 1730. The molecule has 2 fully saturated rings. The molecule has 53 heavy (non-hydrogen) atoms. The number of nitrogens with one attached hydrogen (secondary N) is 5. The number of hydrogen-bond donors (Lipinski definition) is 5. The average molecular weight is 733 g/mol. The van der Waals surface area contributed by atoms with Gasteiger partial charge in [-0.25, -0.2) is 0 Å². The summed E-state index contributed by atoms with van der Waals surface area (Å²) in [6.07, 6.45) is 3.23. The Kier molecular flexibility index (Phi) is 13.1. The van der Waals surface area contributed by atoms with Gasteiger partial charge in [0.2, 0.25) is 29.1 Å². The Morgan fingerprint density at radius 1 is 0.830 bits per heavy atom. The standard InChI is InChI=1S/C40H56N6O7/c1-9-15-27(31(48)36(51)41-23(2)24-16-11-10-12-17-24)43-35(50)30-26-19-13-18-25(26)22-46(30)38(53)33(40(6,7)8)45-37(52)32(39(3,4)5)44-34(49)28-20-14-21-29(47)42-28/h10-12,14,16-17,20-21,23,25-27,30,32-33H,9,13,15,18-19,22H2,1-8H3,(H,41,51)(H,42,47)(H,43,50)(H,44,49)(H,45,52)/t23-,25-,26-,27-,30-,32+,33+/m0/s1. The first-order valence-electron chi connectivity index (χ1n) is 18.6. The lowest BCUT2D eigenvalue weighted by atomic mass is 9.82. The first-order chi connectivity index (χ1) is 24.8. The minimum Gasteiger partial charge on any atom is -0.344 e. The normalized spacial score (nSPS) is 20.7. The molecule has 2 heterocycles. The molecule has 1 saturated carbocycles. The van der Waals surface area contributed by atoms with Crippen LogP contribution in [0.15, 0.2) is 53.3 Å². The highest BCUT2D eigenvalue weighted by Gasteiger charge is 2.52. The van der Waals surface area contributed by atoms with Gasteiger partial charge in [0.15, 0.2) is 0 Å². The molecule has 2 aromatic rings. The molecule has 0 bridgehead atoms. The number of rotatable bonds is 13. The second-order valence-corrected chi connectivity index (χ2v) is 16.6. The van der Waals surface area contributed by atoms with Gasteiger partial charge in [-0.2, -0.15) is 0 Å². The largest absolute Gasteiger partial charge is 0.344 e. The van der Waals surface area contributed by atoms with Gasteiger partial charge in [-0.05, 0) is 60.5 Å². The van der Waals surface area contributed by atoms with Crippen molar-refractivity contribution in [2.24, 2.45) is 22.7 Å². The number of H-pyrrole nitrogens is 1. The Balaban J connectivity index is 1.55. The first kappa shape index (κ1) is 41.0. The second-order valence-electron chi connectivity index (χ2n) is 16.6. The summed E-state index contributed by atoms with van der Waals surface area (Å²) in [7, 11) is 0. The lowest BCUT2D eigenvalue weighted by Gasteiger charge is -2.38. The van der Waals surface area contributed by atoms with Crippen molar-refractivity contribution in [2.45, 2.75) is 118 Å². The molecule has 13 heteroatoms. The quantitative estimate of drug-likeness (QED) is 0.195. The fourth-order valence-corrected chi connectivity index (χ4v) is 7.44. The number of likely N-dealkylation sites (tertiary alicyclic amines) is 1. The van der Waals surface area contributed by atoms with Gasteiger partial charge in [0.05, 0.1) is 12.1 Å². The molecule has 0 radical (unpaired) electrons. The number of aromatic amines is 1. The van der Waals surface area contributed by atoms with Crippen LogP contribution in [0.5, 0.6) is 0 Å². The molecule has 0 spiro atoms. The predicted octanol–water partition coefficient (Wildman–Crippen LogP) is 3.41. The minimum absolute atomic E-state index is 0.0106. The summed E-state index contributed by atoms with van der Waals surface area (Å²) < 4.78 is 0. The van der Waals surface area contributed by atoms with Crippen molar-refractivity contribution in [2.75, 3.05) is 6.54 Å². The Labute approximate surface area is 311 Å². The van der Waals surface area contributed by atoms with E-state index < -0.39 is 81.9 Å². The predicted molar refractivity (Wildman–Crippen MR) is 200 cm³/mol. The molecule has 1 aliphatic heterocycles. The van der Waals surface area contributed by atoms with Gasteiger partial charge in [-0.15, -0.1) is 0 Å². The number of Topliss-reactive ketones (excluding diaryl/α,β-unsaturated/α-hetero) is 1. The van der Waals surface area contributed by atoms with Crippen LogP contribution in [0.4, 0.5) is 0 Å². The first-order valence-corrected chi connectivity index (χ1v) is 18.6. The number of hydrogen-bond acceptors (Lipinski definition) is 7. The van der Waals surface area contributed by atoms with Crippen molar-refractivity contribution in [1.29, 1.82) is 0 Å². The lowest BCUT2D eigenvalue weighted by Crippen LogP contribution is -2.63. The number of nitrogens with zero attached hydrogens (tertiary/aromatic N) is 1. The third-order valence-corrected chi connectivity index (χ3v) is 10.3. The molecule has 2 aliphatic rings. The highest BCUT2D eigenvalue weighted by Crippen LogP contribution is 2.43. The number of ketones is 1. The molecule has 1 aliphatic carbocycles. The van der Waals surface area contributed by atoms with Gasteiger partial charge in [0.25, 0.3) is 11.8 Å². The summed E-state index contributed by atoms with van der Waals surface area (Å²) in [4.78, 5) is 98.4. The van der Waals surface area contributed by atoms with Crippen LogP contribution in [0.3, 0.4) is 0 Å². The second kappa shape index (κ2) is 16.9. The smallest absolute Gasteiger partial charge is 0.290 e. The molecule has 1 saturated heterocycles. The van der Waals surface area contributed by atoms with Gasteiger partial charge in [0, 0.05) is 12.6 Å². The number of benzene rings is 1. The monoisotopic (exact) mass is 732 g/mol. The third kappa shape index (κ3) is 10.00. The Hall–Kier alpha value is -4.81. The van der Waals surface area contributed by atoms with E-state index in [9.17, 15) is 33.6 Å². The number of carbonyl (C=O) groups is 6. The van der Waals surface area contributed by atoms with E-state index in [-0.39, 0.29) is 24.0 Å². The molecule has 4 rings (SSSR count). The molecule has 5 amide bonds. The van der Waals surface area contributed by atoms with Crippen LogP contribution in [0, 0.1) is 22.7 Å². The van der Waals surface area contributed by atoms with Gasteiger partial charge in [-0.1, -0.05) is 97.7 Å². The summed E-state index contributed by atoms with van der Waals surface area (Å²) in [6.45, 7) is 14.7. The number of fused-ring (bicyclic) bond motifs is 1. The SMILES string of the molecule is CCC[C@H](NC(=O)[C@@H]1[C@H]2CCC[C@H]2CN1C(=O)[C@@H](NC(=O)[C@@H](NC(=O)c1cccc(=O)[nH]1)C(C)(C)C)C(C)(C)C)C(=O)C(=O)N[C@@H](C)c1ccccc1. The molecule has 0 unspecified atom stereocenters. The van der Waals surface area contributed by atoms with Crippen molar-refractivity contribution < 1.29 is 28.8 Å². The van der Waals surface area contributed by atoms with Crippen molar-refractivity contribution in [3.05, 3.63) is 70.1 Å². The Morgan fingerprint density at radius 3 is 2.09 bits per heavy atom. The summed E-state index contributed by atoms with van der Waals surface area (Å²) in [5, 5.41) is 11.2. The van der Waals surface area contributed by atoms with Crippen molar-refractivity contribution in [3.63, 3.8) is 0 Å². The Morgan fingerprint density at radius 2 is 1.49 bits per heavy atom. The van der Waals surface area contributed by atoms with E-state index in [1.54, 1.807) is 27.7 Å². The van der Waals surface area contributed by atoms with Gasteiger partial charge in [-0.3, -0.25) is 33.6 Å². The van der Waals surface area contributed by atoms with Crippen LogP contribution in [-0.2, 0) is 24.0 Å². The maximum absolute atomic E-state index is 14.6. The summed E-state index contributed by atoms with van der Waals surface area (Å²) in [5.74, 6) is -3.82. The molecule has 1 aromatic heterocycles. The topological polar surface area (TPSA) is 187 Å². The molecular formula is C40H56N6O7. The van der Waals surface area contributed by atoms with E-state index in [4.69, 9.17) is 0 Å². The number of carbonyl (C=O) groups excluding carboxylic acids is 6. The highest BCUT2D eigenvalue weighted by atomic mass is 16.2. The van der Waals surface area contributed by atoms with Crippen LogP contribution >= 0.6 is 0 Å². The fraction of sp³-hybridized carbons (Fsp3) is 0.575. The summed E-state index contributed by atoms with van der Waals surface area (Å²) >= 11 is 0. The van der Waals surface area contributed by atoms with Crippen LogP contribution in [0.2, 0.25) is 0 Å². The summed E-state index contributed by atoms with van der Waals surface area (Å²) in [5.41, 5.74) is -1.24. The lowest BCUT2D eigenvalue weighted by molar-refractivity contribution is -0.146. The maximum atomic E-state index is 14.6. The zero-order chi connectivity index (χ0) is 39.2.